The predicted octanol–water partition coefficient (Wildman–Crippen LogP) is 2.93. The first-order valence-corrected chi connectivity index (χ1v) is 10.9. The minimum atomic E-state index is -0.124. The van der Waals surface area contributed by atoms with Gasteiger partial charge in [-0.1, -0.05) is 12.1 Å². The Morgan fingerprint density at radius 2 is 1.97 bits per heavy atom. The van der Waals surface area contributed by atoms with Crippen LogP contribution in [0.1, 0.15) is 44.1 Å². The molecule has 1 aliphatic heterocycles. The molecular formula is C23H34N4O2. The smallest absolute Gasteiger partial charge is 0.234 e. The molecule has 6 heteroatoms. The third-order valence-corrected chi connectivity index (χ3v) is 6.26. The summed E-state index contributed by atoms with van der Waals surface area (Å²) in [5.74, 6) is 0.643. The summed E-state index contributed by atoms with van der Waals surface area (Å²) in [4.78, 5) is 16.6. The Labute approximate surface area is 174 Å². The van der Waals surface area contributed by atoms with E-state index < -0.39 is 0 Å². The molecule has 0 atom stereocenters. The zero-order chi connectivity index (χ0) is 20.5. The van der Waals surface area contributed by atoms with E-state index in [1.165, 1.54) is 37.1 Å². The largest absolute Gasteiger partial charge is 0.380 e. The molecule has 0 aromatic heterocycles. The fourth-order valence-electron chi connectivity index (χ4n) is 4.55. The van der Waals surface area contributed by atoms with E-state index in [2.05, 4.69) is 39.4 Å². The van der Waals surface area contributed by atoms with Crippen LogP contribution in [0.2, 0.25) is 0 Å². The summed E-state index contributed by atoms with van der Waals surface area (Å²) in [7, 11) is 1.74. The number of ether oxygens (including phenoxy) is 1. The number of hydrogen-bond donors (Lipinski definition) is 1. The van der Waals surface area contributed by atoms with Crippen molar-refractivity contribution < 1.29 is 9.53 Å². The van der Waals surface area contributed by atoms with Crippen LogP contribution < -0.4 is 10.2 Å². The van der Waals surface area contributed by atoms with Crippen LogP contribution in [0.5, 0.6) is 0 Å². The lowest BCUT2D eigenvalue weighted by Crippen LogP contribution is -2.47. The molecule has 3 rings (SSSR count). The molecule has 1 heterocycles. The summed E-state index contributed by atoms with van der Waals surface area (Å²) in [6, 6.07) is 10.9. The van der Waals surface area contributed by atoms with E-state index in [0.29, 0.717) is 6.61 Å². The minimum absolute atomic E-state index is 0.0252. The van der Waals surface area contributed by atoms with Gasteiger partial charge in [0.1, 0.15) is 6.42 Å². The molecule has 0 spiro atoms. The van der Waals surface area contributed by atoms with Gasteiger partial charge in [0.05, 0.1) is 12.7 Å². The fourth-order valence-corrected chi connectivity index (χ4v) is 4.55. The van der Waals surface area contributed by atoms with E-state index in [1.54, 1.807) is 7.11 Å². The number of nitrogens with zero attached hydrogens (tertiary/aromatic N) is 3. The second-order valence-electron chi connectivity index (χ2n) is 8.34. The van der Waals surface area contributed by atoms with Crippen molar-refractivity contribution in [3.63, 3.8) is 0 Å². The quantitative estimate of drug-likeness (QED) is 0.729. The third kappa shape index (κ3) is 6.73. The van der Waals surface area contributed by atoms with Crippen molar-refractivity contribution in [2.45, 2.75) is 51.2 Å². The third-order valence-electron chi connectivity index (χ3n) is 6.26. The van der Waals surface area contributed by atoms with Crippen LogP contribution in [0.3, 0.4) is 0 Å². The van der Waals surface area contributed by atoms with E-state index in [0.717, 1.165) is 44.9 Å². The van der Waals surface area contributed by atoms with Gasteiger partial charge in [-0.05, 0) is 62.3 Å². The van der Waals surface area contributed by atoms with Gasteiger partial charge in [0.2, 0.25) is 5.91 Å². The lowest BCUT2D eigenvalue weighted by atomic mass is 9.84. The number of carbonyl (C=O) groups excluding carboxylic acids is 1. The molecule has 158 valence electrons. The van der Waals surface area contributed by atoms with Gasteiger partial charge < -0.3 is 15.0 Å². The van der Waals surface area contributed by atoms with Crippen LogP contribution in [0.25, 0.3) is 0 Å². The minimum Gasteiger partial charge on any atom is -0.380 e. The number of carbonyl (C=O) groups is 1. The van der Waals surface area contributed by atoms with Gasteiger partial charge in [0.25, 0.3) is 0 Å². The molecule has 1 aromatic rings. The Kier molecular flexibility index (Phi) is 8.33. The van der Waals surface area contributed by atoms with E-state index in [-0.39, 0.29) is 18.4 Å². The summed E-state index contributed by atoms with van der Waals surface area (Å²) in [5.41, 5.74) is 2.53. The number of piperazine rings is 1. The van der Waals surface area contributed by atoms with E-state index in [1.807, 2.05) is 6.07 Å². The van der Waals surface area contributed by atoms with Gasteiger partial charge in [-0.25, -0.2) is 0 Å². The average molecular weight is 399 g/mol. The molecule has 2 fully saturated rings. The second-order valence-corrected chi connectivity index (χ2v) is 8.34. The lowest BCUT2D eigenvalue weighted by Gasteiger charge is -2.37. The van der Waals surface area contributed by atoms with Crippen molar-refractivity contribution in [1.82, 2.24) is 10.2 Å². The molecule has 1 amide bonds. The van der Waals surface area contributed by atoms with Crippen molar-refractivity contribution >= 4 is 11.6 Å². The summed E-state index contributed by atoms with van der Waals surface area (Å²) < 4.78 is 5.25. The standard InChI is InChI=1S/C23H34N4O2/c1-29-18-20-3-2-4-22(17-20)27-15-13-26(14-16-27)12-10-19-5-7-21(8-6-19)25-23(28)9-11-24/h2-4,17,19,21H,5-10,12-16,18H2,1H3,(H,25,28). The number of nitrogens with one attached hydrogen (secondary N) is 1. The van der Waals surface area contributed by atoms with Crippen molar-refractivity contribution in [2.75, 3.05) is 44.7 Å². The normalized spacial score (nSPS) is 22.8. The van der Waals surface area contributed by atoms with E-state index in [9.17, 15) is 4.79 Å². The fraction of sp³-hybridized carbons (Fsp3) is 0.652. The maximum Gasteiger partial charge on any atom is 0.234 e. The SMILES string of the molecule is COCc1cccc(N2CCN(CCC3CCC(NC(=O)CC#N)CC3)CC2)c1. The molecule has 0 unspecified atom stereocenters. The Hall–Kier alpha value is -2.10. The summed E-state index contributed by atoms with van der Waals surface area (Å²) in [5, 5.41) is 11.6. The molecular weight excluding hydrogens is 364 g/mol. The predicted molar refractivity (Wildman–Crippen MR) is 115 cm³/mol. The Morgan fingerprint density at radius 3 is 2.66 bits per heavy atom. The molecule has 1 aromatic carbocycles. The van der Waals surface area contributed by atoms with E-state index in [4.69, 9.17) is 10.00 Å². The first-order chi connectivity index (χ1) is 14.2. The molecule has 0 radical (unpaired) electrons. The van der Waals surface area contributed by atoms with Crippen molar-refractivity contribution in [1.29, 1.82) is 5.26 Å². The topological polar surface area (TPSA) is 68.6 Å². The lowest BCUT2D eigenvalue weighted by molar-refractivity contribution is -0.121. The highest BCUT2D eigenvalue weighted by molar-refractivity contribution is 5.78. The number of nitriles is 1. The van der Waals surface area contributed by atoms with Crippen LogP contribution >= 0.6 is 0 Å². The first kappa shape index (κ1) is 21.6. The maximum atomic E-state index is 11.6. The first-order valence-electron chi connectivity index (χ1n) is 10.9. The van der Waals surface area contributed by atoms with Crippen LogP contribution in [-0.4, -0.2) is 56.7 Å². The monoisotopic (exact) mass is 398 g/mol. The zero-order valence-corrected chi connectivity index (χ0v) is 17.6. The van der Waals surface area contributed by atoms with Crippen molar-refractivity contribution in [3.05, 3.63) is 29.8 Å². The van der Waals surface area contributed by atoms with Gasteiger partial charge in [0.15, 0.2) is 0 Å². The number of amides is 1. The zero-order valence-electron chi connectivity index (χ0n) is 17.6. The summed E-state index contributed by atoms with van der Waals surface area (Å²) in [6.45, 7) is 6.23. The summed E-state index contributed by atoms with van der Waals surface area (Å²) >= 11 is 0. The van der Waals surface area contributed by atoms with E-state index >= 15 is 0 Å². The van der Waals surface area contributed by atoms with Crippen LogP contribution in [0.15, 0.2) is 24.3 Å². The van der Waals surface area contributed by atoms with Gasteiger partial charge in [-0.3, -0.25) is 9.69 Å². The molecule has 1 aliphatic carbocycles. The van der Waals surface area contributed by atoms with Gasteiger partial charge in [-0.2, -0.15) is 5.26 Å². The number of benzene rings is 1. The Morgan fingerprint density at radius 1 is 1.21 bits per heavy atom. The summed E-state index contributed by atoms with van der Waals surface area (Å²) in [6.07, 6.45) is 5.69. The highest BCUT2D eigenvalue weighted by Gasteiger charge is 2.24. The number of hydrogen-bond acceptors (Lipinski definition) is 5. The molecule has 29 heavy (non-hydrogen) atoms. The maximum absolute atomic E-state index is 11.6. The van der Waals surface area contributed by atoms with Crippen molar-refractivity contribution in [2.24, 2.45) is 5.92 Å². The van der Waals surface area contributed by atoms with Crippen LogP contribution in [-0.2, 0) is 16.1 Å². The van der Waals surface area contributed by atoms with Gasteiger partial charge >= 0.3 is 0 Å². The van der Waals surface area contributed by atoms with Gasteiger partial charge in [0, 0.05) is 45.0 Å². The number of anilines is 1. The average Bonchev–Trinajstić information content (AvgIpc) is 2.74. The molecule has 0 bridgehead atoms. The van der Waals surface area contributed by atoms with Crippen molar-refractivity contribution in [3.8, 4) is 6.07 Å². The molecule has 1 saturated carbocycles. The second kappa shape index (κ2) is 11.2. The van der Waals surface area contributed by atoms with Gasteiger partial charge in [-0.15, -0.1) is 0 Å². The molecule has 1 N–H and O–H groups in total. The number of methoxy groups -OCH3 is 1. The van der Waals surface area contributed by atoms with Crippen LogP contribution in [0.4, 0.5) is 5.69 Å². The highest BCUT2D eigenvalue weighted by Crippen LogP contribution is 2.27. The molecule has 2 aliphatic rings. The van der Waals surface area contributed by atoms with Crippen LogP contribution in [0, 0.1) is 17.2 Å². The Balaban J connectivity index is 1.34. The number of rotatable bonds is 8. The molecule has 1 saturated heterocycles. The Bertz CT molecular complexity index is 686. The molecule has 6 nitrogen and oxygen atoms in total. The highest BCUT2D eigenvalue weighted by atomic mass is 16.5.